The lowest BCUT2D eigenvalue weighted by Gasteiger charge is -2.32. The van der Waals surface area contributed by atoms with Gasteiger partial charge in [-0.2, -0.15) is 0 Å². The van der Waals surface area contributed by atoms with E-state index in [1.807, 2.05) is 0 Å². The van der Waals surface area contributed by atoms with E-state index in [4.69, 9.17) is 0 Å². The molecule has 2 aromatic carbocycles. The quantitative estimate of drug-likeness (QED) is 0.601. The molecule has 0 aromatic heterocycles. The molecule has 9 heteroatoms. The summed E-state index contributed by atoms with van der Waals surface area (Å²) in [6.45, 7) is 7.96. The van der Waals surface area contributed by atoms with E-state index in [1.54, 1.807) is 58.9 Å². The highest BCUT2D eigenvalue weighted by molar-refractivity contribution is 7.92. The van der Waals surface area contributed by atoms with Crippen LogP contribution in [0.25, 0.3) is 0 Å². The molecule has 2 rings (SSSR count). The number of halogens is 1. The Bertz CT molecular complexity index is 1100. The lowest BCUT2D eigenvalue weighted by Crippen LogP contribution is -2.52. The van der Waals surface area contributed by atoms with Crippen molar-refractivity contribution in [3.05, 3.63) is 65.0 Å². The molecule has 0 heterocycles. The van der Waals surface area contributed by atoms with Crippen LogP contribution in [0.5, 0.6) is 0 Å². The Labute approximate surface area is 195 Å². The number of aryl methyl sites for hydroxylation is 2. The number of hydrogen-bond acceptors (Lipinski definition) is 4. The number of carbonyl (C=O) groups excluding carboxylic acids is 2. The average Bonchev–Trinajstić information content (AvgIpc) is 2.70. The molecule has 0 saturated carbocycles. The van der Waals surface area contributed by atoms with Crippen LogP contribution >= 0.6 is 0 Å². The molecule has 0 aliphatic heterocycles. The Kier molecular flexibility index (Phi) is 8.60. The van der Waals surface area contributed by atoms with Gasteiger partial charge in [-0.1, -0.05) is 36.4 Å². The summed E-state index contributed by atoms with van der Waals surface area (Å²) >= 11 is 0. The van der Waals surface area contributed by atoms with Crippen LogP contribution in [0.2, 0.25) is 0 Å². The summed E-state index contributed by atoms with van der Waals surface area (Å²) in [6, 6.07) is 10.2. The Morgan fingerprint density at radius 2 is 1.58 bits per heavy atom. The van der Waals surface area contributed by atoms with Crippen LogP contribution in [0.4, 0.5) is 10.1 Å². The van der Waals surface area contributed by atoms with Crippen LogP contribution < -0.4 is 9.62 Å². The summed E-state index contributed by atoms with van der Waals surface area (Å²) in [4.78, 5) is 27.4. The number of amides is 2. The van der Waals surface area contributed by atoms with Gasteiger partial charge in [-0.15, -0.1) is 0 Å². The first-order chi connectivity index (χ1) is 15.3. The Hall–Kier alpha value is -2.94. The third-order valence-corrected chi connectivity index (χ3v) is 6.38. The van der Waals surface area contributed by atoms with Crippen molar-refractivity contribution >= 4 is 27.5 Å². The van der Waals surface area contributed by atoms with Crippen molar-refractivity contribution in [2.24, 2.45) is 0 Å². The number of nitrogens with one attached hydrogen (secondary N) is 1. The number of para-hydroxylation sites is 1. The first kappa shape index (κ1) is 26.3. The first-order valence-electron chi connectivity index (χ1n) is 10.7. The summed E-state index contributed by atoms with van der Waals surface area (Å²) in [7, 11) is -3.83. The zero-order valence-electron chi connectivity index (χ0n) is 19.9. The van der Waals surface area contributed by atoms with Crippen LogP contribution in [-0.2, 0) is 26.2 Å². The van der Waals surface area contributed by atoms with Crippen LogP contribution in [-0.4, -0.2) is 50.0 Å². The summed E-state index contributed by atoms with van der Waals surface area (Å²) < 4.78 is 40.8. The van der Waals surface area contributed by atoms with Crippen LogP contribution in [0.3, 0.4) is 0 Å². The molecule has 1 atom stereocenters. The van der Waals surface area contributed by atoms with Crippen molar-refractivity contribution in [1.29, 1.82) is 0 Å². The lowest BCUT2D eigenvalue weighted by molar-refractivity contribution is -0.139. The normalized spacial score (nSPS) is 12.4. The van der Waals surface area contributed by atoms with Gasteiger partial charge in [-0.05, 0) is 51.8 Å². The summed E-state index contributed by atoms with van der Waals surface area (Å²) in [5.74, 6) is -1.54. The standard InChI is InChI=1S/C24H32FN3O4S/c1-16(2)26-24(30)19(5)27(14-20-12-7-8-13-21(20)25)22(29)15-28(33(6,31)32)23-17(3)10-9-11-18(23)4/h7-13,16,19H,14-15H2,1-6H3,(H,26,30)/t19-/m1/s1. The maximum absolute atomic E-state index is 14.4. The van der Waals surface area contributed by atoms with Gasteiger partial charge in [0, 0.05) is 18.2 Å². The van der Waals surface area contributed by atoms with Gasteiger partial charge in [-0.3, -0.25) is 13.9 Å². The summed E-state index contributed by atoms with van der Waals surface area (Å²) in [6.07, 6.45) is 1.03. The molecule has 0 aliphatic carbocycles. The second-order valence-electron chi connectivity index (χ2n) is 8.46. The molecular weight excluding hydrogens is 445 g/mol. The topological polar surface area (TPSA) is 86.8 Å². The highest BCUT2D eigenvalue weighted by Gasteiger charge is 2.31. The molecule has 0 fully saturated rings. The van der Waals surface area contributed by atoms with E-state index in [1.165, 1.54) is 23.1 Å². The lowest BCUT2D eigenvalue weighted by atomic mass is 10.1. The van der Waals surface area contributed by atoms with Crippen molar-refractivity contribution < 1.29 is 22.4 Å². The molecule has 0 spiro atoms. The molecule has 2 amide bonds. The highest BCUT2D eigenvalue weighted by Crippen LogP contribution is 2.27. The molecule has 0 saturated heterocycles. The van der Waals surface area contributed by atoms with Gasteiger partial charge in [0.15, 0.2) is 0 Å². The second-order valence-corrected chi connectivity index (χ2v) is 10.4. The van der Waals surface area contributed by atoms with Crippen molar-refractivity contribution in [3.8, 4) is 0 Å². The fourth-order valence-corrected chi connectivity index (χ4v) is 4.54. The Balaban J connectivity index is 2.47. The van der Waals surface area contributed by atoms with Gasteiger partial charge in [0.25, 0.3) is 0 Å². The van der Waals surface area contributed by atoms with Crippen molar-refractivity contribution in [2.75, 3.05) is 17.1 Å². The van der Waals surface area contributed by atoms with E-state index in [0.29, 0.717) is 16.8 Å². The molecule has 2 aromatic rings. The summed E-state index contributed by atoms with van der Waals surface area (Å²) in [5, 5.41) is 2.75. The SMILES string of the molecule is Cc1cccc(C)c1N(CC(=O)N(Cc1ccccc1F)[C@H](C)C(=O)NC(C)C)S(C)(=O)=O. The molecule has 33 heavy (non-hydrogen) atoms. The molecule has 0 aliphatic rings. The number of sulfonamides is 1. The smallest absolute Gasteiger partial charge is 0.244 e. The van der Waals surface area contributed by atoms with Gasteiger partial charge >= 0.3 is 0 Å². The predicted octanol–water partition coefficient (Wildman–Crippen LogP) is 3.15. The number of benzene rings is 2. The highest BCUT2D eigenvalue weighted by atomic mass is 32.2. The van der Waals surface area contributed by atoms with Crippen LogP contribution in [0, 0.1) is 19.7 Å². The van der Waals surface area contributed by atoms with Crippen molar-refractivity contribution in [3.63, 3.8) is 0 Å². The van der Waals surface area contributed by atoms with E-state index in [2.05, 4.69) is 5.32 Å². The van der Waals surface area contributed by atoms with Gasteiger partial charge in [-0.25, -0.2) is 12.8 Å². The van der Waals surface area contributed by atoms with Crippen LogP contribution in [0.15, 0.2) is 42.5 Å². The number of anilines is 1. The van der Waals surface area contributed by atoms with E-state index in [0.717, 1.165) is 10.6 Å². The Morgan fingerprint density at radius 3 is 2.09 bits per heavy atom. The largest absolute Gasteiger partial charge is 0.352 e. The van der Waals surface area contributed by atoms with Gasteiger partial charge in [0.05, 0.1) is 11.9 Å². The van der Waals surface area contributed by atoms with Crippen molar-refractivity contribution in [1.82, 2.24) is 10.2 Å². The maximum atomic E-state index is 14.4. The minimum absolute atomic E-state index is 0.160. The number of carbonyl (C=O) groups is 2. The van der Waals surface area contributed by atoms with Crippen LogP contribution in [0.1, 0.15) is 37.5 Å². The monoisotopic (exact) mass is 477 g/mol. The van der Waals surface area contributed by atoms with Gasteiger partial charge < -0.3 is 10.2 Å². The second kappa shape index (κ2) is 10.8. The average molecular weight is 478 g/mol. The first-order valence-corrected chi connectivity index (χ1v) is 12.5. The minimum Gasteiger partial charge on any atom is -0.352 e. The van der Waals surface area contributed by atoms with E-state index < -0.39 is 40.2 Å². The van der Waals surface area contributed by atoms with E-state index in [-0.39, 0.29) is 18.2 Å². The predicted molar refractivity (Wildman–Crippen MR) is 128 cm³/mol. The fraction of sp³-hybridized carbons (Fsp3) is 0.417. The minimum atomic E-state index is -3.83. The molecule has 7 nitrogen and oxygen atoms in total. The van der Waals surface area contributed by atoms with Gasteiger partial charge in [0.1, 0.15) is 18.4 Å². The molecule has 1 N–H and O–H groups in total. The number of rotatable bonds is 9. The van der Waals surface area contributed by atoms with E-state index >= 15 is 0 Å². The third-order valence-electron chi connectivity index (χ3n) is 5.26. The zero-order chi connectivity index (χ0) is 24.9. The third kappa shape index (κ3) is 6.77. The molecule has 0 radical (unpaired) electrons. The van der Waals surface area contributed by atoms with E-state index in [9.17, 15) is 22.4 Å². The number of nitrogens with zero attached hydrogens (tertiary/aromatic N) is 2. The molecule has 0 bridgehead atoms. The fourth-order valence-electron chi connectivity index (χ4n) is 3.57. The Morgan fingerprint density at radius 1 is 1.00 bits per heavy atom. The molecule has 0 unspecified atom stereocenters. The molecule has 180 valence electrons. The van der Waals surface area contributed by atoms with Crippen molar-refractivity contribution in [2.45, 2.75) is 53.2 Å². The zero-order valence-corrected chi connectivity index (χ0v) is 20.7. The summed E-state index contributed by atoms with van der Waals surface area (Å²) in [5.41, 5.74) is 2.03. The maximum Gasteiger partial charge on any atom is 0.244 e. The molecular formula is C24H32FN3O4S. The number of hydrogen-bond donors (Lipinski definition) is 1. The van der Waals surface area contributed by atoms with Gasteiger partial charge in [0.2, 0.25) is 21.8 Å².